The van der Waals surface area contributed by atoms with Crippen LogP contribution >= 0.6 is 0 Å². The van der Waals surface area contributed by atoms with E-state index in [1.54, 1.807) is 6.92 Å². The lowest BCUT2D eigenvalue weighted by atomic mass is 10.1. The van der Waals surface area contributed by atoms with E-state index in [1.165, 1.54) is 18.4 Å². The number of hydrogen-bond acceptors (Lipinski definition) is 4. The number of ether oxygens (including phenoxy) is 1. The molecule has 0 radical (unpaired) electrons. The minimum Gasteiger partial charge on any atom is -0.462 e. The number of pyridine rings is 1. The van der Waals surface area contributed by atoms with Gasteiger partial charge in [0, 0.05) is 11.6 Å². The Kier molecular flexibility index (Phi) is 3.99. The molecule has 7 heteroatoms. The van der Waals surface area contributed by atoms with E-state index in [4.69, 9.17) is 4.74 Å². The largest absolute Gasteiger partial charge is 0.462 e. The van der Waals surface area contributed by atoms with Crippen molar-refractivity contribution in [2.24, 2.45) is 0 Å². The molecule has 0 aliphatic carbocycles. The molecule has 106 valence electrons. The van der Waals surface area contributed by atoms with E-state index in [9.17, 15) is 18.2 Å². The molecule has 1 atom stereocenters. The van der Waals surface area contributed by atoms with Crippen LogP contribution in [0, 0.1) is 5.82 Å². The van der Waals surface area contributed by atoms with Crippen molar-refractivity contribution in [3.05, 3.63) is 39.8 Å². The van der Waals surface area contributed by atoms with Gasteiger partial charge < -0.3 is 9.72 Å². The summed E-state index contributed by atoms with van der Waals surface area (Å²) in [7, 11) is -1.59. The summed E-state index contributed by atoms with van der Waals surface area (Å²) in [6.07, 6.45) is 1.34. The van der Waals surface area contributed by atoms with Crippen LogP contribution in [0.25, 0.3) is 10.9 Å². The lowest BCUT2D eigenvalue weighted by Gasteiger charge is -2.08. The van der Waals surface area contributed by atoms with Crippen LogP contribution in [0.1, 0.15) is 17.3 Å². The van der Waals surface area contributed by atoms with Gasteiger partial charge in [-0.15, -0.1) is 0 Å². The van der Waals surface area contributed by atoms with Crippen molar-refractivity contribution in [1.82, 2.24) is 4.98 Å². The molecule has 0 saturated heterocycles. The highest BCUT2D eigenvalue weighted by Crippen LogP contribution is 2.16. The summed E-state index contributed by atoms with van der Waals surface area (Å²) in [5.74, 6) is -1.46. The summed E-state index contributed by atoms with van der Waals surface area (Å²) in [4.78, 5) is 26.9. The highest BCUT2D eigenvalue weighted by atomic mass is 32.2. The summed E-state index contributed by atoms with van der Waals surface area (Å²) in [5.41, 5.74) is -0.720. The number of aromatic nitrogens is 1. The predicted octanol–water partition coefficient (Wildman–Crippen LogP) is 1.58. The van der Waals surface area contributed by atoms with Gasteiger partial charge in [0.1, 0.15) is 16.4 Å². The summed E-state index contributed by atoms with van der Waals surface area (Å²) in [6, 6.07) is 3.56. The fourth-order valence-electron chi connectivity index (χ4n) is 1.84. The summed E-state index contributed by atoms with van der Waals surface area (Å²) >= 11 is 0. The number of rotatable bonds is 3. The number of carbonyl (C=O) groups is 1. The molecule has 0 spiro atoms. The molecule has 0 bridgehead atoms. The highest BCUT2D eigenvalue weighted by molar-refractivity contribution is 7.84. The molecule has 2 rings (SSSR count). The fourth-order valence-corrected chi connectivity index (χ4v) is 2.56. The lowest BCUT2D eigenvalue weighted by Crippen LogP contribution is -2.22. The Morgan fingerprint density at radius 3 is 2.75 bits per heavy atom. The molecule has 0 aliphatic heterocycles. The van der Waals surface area contributed by atoms with Crippen LogP contribution in [-0.2, 0) is 15.5 Å². The zero-order valence-electron chi connectivity index (χ0n) is 10.9. The quantitative estimate of drug-likeness (QED) is 0.873. The molecule has 1 heterocycles. The molecule has 0 amide bonds. The number of nitrogens with one attached hydrogen (secondary N) is 1. The SMILES string of the molecule is CCOC(=O)c1c(S(C)=O)[nH]c2ccc(F)cc2c1=O. The minimum atomic E-state index is -1.59. The van der Waals surface area contributed by atoms with E-state index >= 15 is 0 Å². The number of halogens is 1. The van der Waals surface area contributed by atoms with Gasteiger partial charge in [-0.2, -0.15) is 0 Å². The average Bonchev–Trinajstić information content (AvgIpc) is 2.39. The Morgan fingerprint density at radius 1 is 1.45 bits per heavy atom. The van der Waals surface area contributed by atoms with Crippen molar-refractivity contribution in [1.29, 1.82) is 0 Å². The zero-order valence-corrected chi connectivity index (χ0v) is 11.7. The summed E-state index contributed by atoms with van der Waals surface area (Å²) in [6.45, 7) is 1.67. The van der Waals surface area contributed by atoms with Crippen LogP contribution in [0.2, 0.25) is 0 Å². The number of benzene rings is 1. The molecule has 20 heavy (non-hydrogen) atoms. The van der Waals surface area contributed by atoms with Crippen LogP contribution < -0.4 is 5.43 Å². The number of carbonyl (C=O) groups excluding carboxylic acids is 1. The Bertz CT molecular complexity index is 769. The van der Waals surface area contributed by atoms with Crippen molar-refractivity contribution in [2.75, 3.05) is 12.9 Å². The fraction of sp³-hybridized carbons (Fsp3) is 0.231. The third kappa shape index (κ3) is 2.49. The number of hydrogen-bond donors (Lipinski definition) is 1. The van der Waals surface area contributed by atoms with Crippen molar-refractivity contribution >= 4 is 27.7 Å². The molecule has 5 nitrogen and oxygen atoms in total. The van der Waals surface area contributed by atoms with Gasteiger partial charge in [0.2, 0.25) is 5.43 Å². The van der Waals surface area contributed by atoms with Gasteiger partial charge in [-0.1, -0.05) is 0 Å². The van der Waals surface area contributed by atoms with Gasteiger partial charge in [0.15, 0.2) is 0 Å². The topological polar surface area (TPSA) is 76.2 Å². The second-order valence-electron chi connectivity index (χ2n) is 4.02. The first kappa shape index (κ1) is 14.4. The predicted molar refractivity (Wildman–Crippen MR) is 72.8 cm³/mol. The zero-order chi connectivity index (χ0) is 14.9. The first-order valence-corrected chi connectivity index (χ1v) is 7.37. The molecule has 0 saturated carbocycles. The van der Waals surface area contributed by atoms with E-state index < -0.39 is 28.0 Å². The first-order chi connectivity index (χ1) is 9.45. The number of H-pyrrole nitrogens is 1. The standard InChI is InChI=1S/C13H12FNO4S/c1-3-19-13(17)10-11(16)8-6-7(14)4-5-9(8)15-12(10)20(2)18/h4-6H,3H2,1-2H3,(H,15,16). The first-order valence-electron chi connectivity index (χ1n) is 5.81. The Morgan fingerprint density at radius 2 is 2.15 bits per heavy atom. The van der Waals surface area contributed by atoms with E-state index in [0.717, 1.165) is 6.07 Å². The van der Waals surface area contributed by atoms with Crippen LogP contribution in [0.5, 0.6) is 0 Å². The maximum Gasteiger partial charge on any atom is 0.344 e. The molecule has 1 aromatic heterocycles. The van der Waals surface area contributed by atoms with Gasteiger partial charge in [0.25, 0.3) is 0 Å². The maximum absolute atomic E-state index is 13.2. The van der Waals surface area contributed by atoms with Gasteiger partial charge in [-0.25, -0.2) is 9.18 Å². The van der Waals surface area contributed by atoms with Crippen LogP contribution in [-0.4, -0.2) is 28.0 Å². The Labute approximate surface area is 116 Å². The smallest absolute Gasteiger partial charge is 0.344 e. The van der Waals surface area contributed by atoms with Crippen molar-refractivity contribution in [3.63, 3.8) is 0 Å². The molecule has 2 aromatic rings. The highest BCUT2D eigenvalue weighted by Gasteiger charge is 2.22. The van der Waals surface area contributed by atoms with Gasteiger partial charge in [-0.3, -0.25) is 9.00 Å². The minimum absolute atomic E-state index is 0.0160. The lowest BCUT2D eigenvalue weighted by molar-refractivity contribution is 0.0520. The van der Waals surface area contributed by atoms with E-state index in [0.29, 0.717) is 5.52 Å². The van der Waals surface area contributed by atoms with E-state index in [1.807, 2.05) is 0 Å². The Balaban J connectivity index is 2.85. The normalized spacial score (nSPS) is 12.3. The monoisotopic (exact) mass is 297 g/mol. The molecule has 1 N–H and O–H groups in total. The second-order valence-corrected chi connectivity index (χ2v) is 5.34. The molecule has 0 aliphatic rings. The third-order valence-electron chi connectivity index (χ3n) is 2.70. The maximum atomic E-state index is 13.2. The summed E-state index contributed by atoms with van der Waals surface area (Å²) < 4.78 is 29.7. The van der Waals surface area contributed by atoms with Crippen molar-refractivity contribution in [3.8, 4) is 0 Å². The summed E-state index contributed by atoms with van der Waals surface area (Å²) in [5, 5.41) is -0.00480. The number of aromatic amines is 1. The number of esters is 1. The molecule has 0 fully saturated rings. The van der Waals surface area contributed by atoms with Gasteiger partial charge >= 0.3 is 5.97 Å². The molecule has 1 unspecified atom stereocenters. The molecule has 1 aromatic carbocycles. The van der Waals surface area contributed by atoms with Crippen molar-refractivity contribution < 1.29 is 18.1 Å². The van der Waals surface area contributed by atoms with Gasteiger partial charge in [0.05, 0.1) is 22.9 Å². The van der Waals surface area contributed by atoms with E-state index in [2.05, 4.69) is 4.98 Å². The van der Waals surface area contributed by atoms with Crippen LogP contribution in [0.3, 0.4) is 0 Å². The second kappa shape index (κ2) is 5.54. The third-order valence-corrected chi connectivity index (χ3v) is 3.58. The van der Waals surface area contributed by atoms with E-state index in [-0.39, 0.29) is 22.6 Å². The molecular formula is C13H12FNO4S. The average molecular weight is 297 g/mol. The molecular weight excluding hydrogens is 285 g/mol. The van der Waals surface area contributed by atoms with Crippen molar-refractivity contribution in [2.45, 2.75) is 11.9 Å². The van der Waals surface area contributed by atoms with Crippen LogP contribution in [0.15, 0.2) is 28.0 Å². The van der Waals surface area contributed by atoms with Gasteiger partial charge in [-0.05, 0) is 25.1 Å². The van der Waals surface area contributed by atoms with Crippen LogP contribution in [0.4, 0.5) is 4.39 Å². The Hall–Kier alpha value is -2.02. The number of fused-ring (bicyclic) bond motifs is 1.